The molecular formula is C19H27NO3. The standard InChI is InChI=1S/C19H27NO3/c1-5-20(6-2)16-10-19(3,4)11-17(16)23-14-7-8-15-13(9-14)12-22-18(15)21/h7-9,16-17H,5-6,10-12H2,1-4H3/t16-,17-/m0/s1. The van der Waals surface area contributed by atoms with Crippen molar-refractivity contribution in [3.8, 4) is 5.75 Å². The van der Waals surface area contributed by atoms with Gasteiger partial charge in [-0.05, 0) is 49.5 Å². The van der Waals surface area contributed by atoms with Gasteiger partial charge in [0.2, 0.25) is 0 Å². The predicted octanol–water partition coefficient (Wildman–Crippen LogP) is 3.63. The maximum atomic E-state index is 11.6. The van der Waals surface area contributed by atoms with Crippen LogP contribution < -0.4 is 4.74 Å². The Labute approximate surface area is 138 Å². The minimum Gasteiger partial charge on any atom is -0.489 e. The first-order valence-corrected chi connectivity index (χ1v) is 8.64. The Kier molecular flexibility index (Phi) is 4.37. The smallest absolute Gasteiger partial charge is 0.338 e. The van der Waals surface area contributed by atoms with Gasteiger partial charge in [-0.3, -0.25) is 4.90 Å². The van der Waals surface area contributed by atoms with Crippen molar-refractivity contribution in [2.75, 3.05) is 13.1 Å². The van der Waals surface area contributed by atoms with Crippen molar-refractivity contribution < 1.29 is 14.3 Å². The van der Waals surface area contributed by atoms with Crippen LogP contribution in [0.25, 0.3) is 0 Å². The summed E-state index contributed by atoms with van der Waals surface area (Å²) in [7, 11) is 0. The zero-order valence-electron chi connectivity index (χ0n) is 14.6. The second-order valence-electron chi connectivity index (χ2n) is 7.41. The van der Waals surface area contributed by atoms with E-state index < -0.39 is 0 Å². The zero-order chi connectivity index (χ0) is 16.6. The number of likely N-dealkylation sites (N-methyl/N-ethyl adjacent to an activating group) is 1. The van der Waals surface area contributed by atoms with E-state index in [-0.39, 0.29) is 12.1 Å². The summed E-state index contributed by atoms with van der Waals surface area (Å²) in [6, 6.07) is 6.14. The number of esters is 1. The second-order valence-corrected chi connectivity index (χ2v) is 7.41. The van der Waals surface area contributed by atoms with Gasteiger partial charge < -0.3 is 9.47 Å². The topological polar surface area (TPSA) is 38.8 Å². The Morgan fingerprint density at radius 3 is 2.70 bits per heavy atom. The molecule has 0 saturated heterocycles. The average Bonchev–Trinajstić information content (AvgIpc) is 3.01. The number of cyclic esters (lactones) is 1. The number of carbonyl (C=O) groups excluding carboxylic acids is 1. The van der Waals surface area contributed by atoms with Gasteiger partial charge in [0.05, 0.1) is 5.56 Å². The molecule has 0 N–H and O–H groups in total. The molecular weight excluding hydrogens is 290 g/mol. The highest BCUT2D eigenvalue weighted by atomic mass is 16.5. The monoisotopic (exact) mass is 317 g/mol. The molecule has 2 aliphatic rings. The quantitative estimate of drug-likeness (QED) is 0.777. The summed E-state index contributed by atoms with van der Waals surface area (Å²) in [6.07, 6.45) is 2.41. The third kappa shape index (κ3) is 3.23. The molecule has 126 valence electrons. The predicted molar refractivity (Wildman–Crippen MR) is 89.7 cm³/mol. The summed E-state index contributed by atoms with van der Waals surface area (Å²) < 4.78 is 11.4. The van der Waals surface area contributed by atoms with Crippen LogP contribution in [-0.2, 0) is 11.3 Å². The van der Waals surface area contributed by atoms with Crippen LogP contribution in [0.2, 0.25) is 0 Å². The normalized spacial score (nSPS) is 25.5. The van der Waals surface area contributed by atoms with Crippen molar-refractivity contribution in [2.45, 2.75) is 59.3 Å². The summed E-state index contributed by atoms with van der Waals surface area (Å²) in [4.78, 5) is 14.1. The van der Waals surface area contributed by atoms with E-state index >= 15 is 0 Å². The SMILES string of the molecule is CCN(CC)[C@H]1CC(C)(C)C[C@@H]1Oc1ccc2c(c1)COC2=O. The molecule has 0 radical (unpaired) electrons. The molecule has 4 heteroatoms. The number of nitrogens with zero attached hydrogens (tertiary/aromatic N) is 1. The van der Waals surface area contributed by atoms with E-state index in [4.69, 9.17) is 9.47 Å². The molecule has 1 aromatic rings. The van der Waals surface area contributed by atoms with E-state index in [1.807, 2.05) is 18.2 Å². The zero-order valence-corrected chi connectivity index (χ0v) is 14.6. The van der Waals surface area contributed by atoms with Crippen LogP contribution >= 0.6 is 0 Å². The molecule has 1 aliphatic carbocycles. The Morgan fingerprint density at radius 1 is 1.26 bits per heavy atom. The maximum Gasteiger partial charge on any atom is 0.338 e. The first-order valence-electron chi connectivity index (χ1n) is 8.64. The van der Waals surface area contributed by atoms with Crippen LogP contribution in [0, 0.1) is 5.41 Å². The number of hydrogen-bond donors (Lipinski definition) is 0. The largest absolute Gasteiger partial charge is 0.489 e. The van der Waals surface area contributed by atoms with Crippen LogP contribution in [0.15, 0.2) is 18.2 Å². The molecule has 0 bridgehead atoms. The number of benzene rings is 1. The van der Waals surface area contributed by atoms with Crippen LogP contribution in [0.4, 0.5) is 0 Å². The van der Waals surface area contributed by atoms with Crippen molar-refractivity contribution in [2.24, 2.45) is 5.41 Å². The molecule has 0 amide bonds. The number of carbonyl (C=O) groups is 1. The summed E-state index contributed by atoms with van der Waals surface area (Å²) in [6.45, 7) is 11.5. The van der Waals surface area contributed by atoms with Gasteiger partial charge in [-0.15, -0.1) is 0 Å². The van der Waals surface area contributed by atoms with Crippen molar-refractivity contribution in [3.05, 3.63) is 29.3 Å². The fourth-order valence-electron chi connectivity index (χ4n) is 4.00. The second kappa shape index (κ2) is 6.16. The lowest BCUT2D eigenvalue weighted by atomic mass is 9.91. The molecule has 1 aromatic carbocycles. The minimum atomic E-state index is -0.227. The van der Waals surface area contributed by atoms with E-state index in [0.717, 1.165) is 37.2 Å². The van der Waals surface area contributed by atoms with Crippen molar-refractivity contribution in [3.63, 3.8) is 0 Å². The third-order valence-corrected chi connectivity index (χ3v) is 5.17. The molecule has 1 saturated carbocycles. The lowest BCUT2D eigenvalue weighted by Gasteiger charge is -2.31. The molecule has 0 spiro atoms. The maximum absolute atomic E-state index is 11.6. The van der Waals surface area contributed by atoms with Gasteiger partial charge in [0.15, 0.2) is 0 Å². The fourth-order valence-corrected chi connectivity index (χ4v) is 4.00. The molecule has 4 nitrogen and oxygen atoms in total. The molecule has 0 aromatic heterocycles. The number of ether oxygens (including phenoxy) is 2. The van der Waals surface area contributed by atoms with Gasteiger partial charge >= 0.3 is 5.97 Å². The summed E-state index contributed by atoms with van der Waals surface area (Å²) in [5.41, 5.74) is 1.90. The van der Waals surface area contributed by atoms with Crippen LogP contribution in [0.3, 0.4) is 0 Å². The van der Waals surface area contributed by atoms with E-state index in [0.29, 0.717) is 23.6 Å². The third-order valence-electron chi connectivity index (χ3n) is 5.17. The Bertz CT molecular complexity index is 592. The van der Waals surface area contributed by atoms with Gasteiger partial charge in [0.1, 0.15) is 18.5 Å². The van der Waals surface area contributed by atoms with Crippen LogP contribution in [-0.4, -0.2) is 36.1 Å². The highest BCUT2D eigenvalue weighted by Gasteiger charge is 2.43. The summed E-state index contributed by atoms with van der Waals surface area (Å²) in [5, 5.41) is 0. The minimum absolute atomic E-state index is 0.195. The fraction of sp³-hybridized carbons (Fsp3) is 0.632. The van der Waals surface area contributed by atoms with E-state index in [2.05, 4.69) is 32.6 Å². The Morgan fingerprint density at radius 2 is 2.00 bits per heavy atom. The van der Waals surface area contributed by atoms with Gasteiger partial charge in [-0.25, -0.2) is 4.79 Å². The molecule has 1 aliphatic heterocycles. The lowest BCUT2D eigenvalue weighted by molar-refractivity contribution is 0.0535. The summed E-state index contributed by atoms with van der Waals surface area (Å²) in [5.74, 6) is 0.622. The first kappa shape index (κ1) is 16.3. The van der Waals surface area contributed by atoms with E-state index in [1.165, 1.54) is 0 Å². The van der Waals surface area contributed by atoms with Crippen LogP contribution in [0.5, 0.6) is 5.75 Å². The number of rotatable bonds is 5. The Hall–Kier alpha value is -1.55. The number of hydrogen-bond acceptors (Lipinski definition) is 4. The van der Waals surface area contributed by atoms with E-state index in [9.17, 15) is 4.79 Å². The van der Waals surface area contributed by atoms with Crippen LogP contribution in [0.1, 0.15) is 56.5 Å². The molecule has 3 rings (SSSR count). The van der Waals surface area contributed by atoms with Gasteiger partial charge in [-0.2, -0.15) is 0 Å². The van der Waals surface area contributed by atoms with Crippen molar-refractivity contribution >= 4 is 5.97 Å². The highest BCUT2D eigenvalue weighted by Crippen LogP contribution is 2.41. The molecule has 0 unspecified atom stereocenters. The molecule has 1 fully saturated rings. The lowest BCUT2D eigenvalue weighted by Crippen LogP contribution is -2.42. The van der Waals surface area contributed by atoms with Gasteiger partial charge in [-0.1, -0.05) is 27.7 Å². The Balaban J connectivity index is 1.79. The molecule has 1 heterocycles. The van der Waals surface area contributed by atoms with Gasteiger partial charge in [0.25, 0.3) is 0 Å². The summed E-state index contributed by atoms with van der Waals surface area (Å²) >= 11 is 0. The van der Waals surface area contributed by atoms with Gasteiger partial charge in [0, 0.05) is 11.6 Å². The molecule has 2 atom stereocenters. The molecule has 23 heavy (non-hydrogen) atoms. The number of fused-ring (bicyclic) bond motifs is 1. The average molecular weight is 317 g/mol. The van der Waals surface area contributed by atoms with Crippen molar-refractivity contribution in [1.82, 2.24) is 4.90 Å². The first-order chi connectivity index (χ1) is 10.9. The van der Waals surface area contributed by atoms with E-state index in [1.54, 1.807) is 0 Å². The van der Waals surface area contributed by atoms with Crippen molar-refractivity contribution in [1.29, 1.82) is 0 Å². The highest BCUT2D eigenvalue weighted by molar-refractivity contribution is 5.93.